The monoisotopic (exact) mass is 190 g/mol. The second kappa shape index (κ2) is 3.37. The zero-order chi connectivity index (χ0) is 10.2. The molecule has 0 spiro atoms. The zero-order valence-electron chi connectivity index (χ0n) is 8.96. The lowest BCUT2D eigenvalue weighted by Gasteiger charge is -2.43. The zero-order valence-corrected chi connectivity index (χ0v) is 8.96. The summed E-state index contributed by atoms with van der Waals surface area (Å²) in [6, 6.07) is 8.50. The highest BCUT2D eigenvalue weighted by Crippen LogP contribution is 2.30. The van der Waals surface area contributed by atoms with E-state index in [0.717, 1.165) is 19.5 Å². The summed E-state index contributed by atoms with van der Waals surface area (Å²) < 4.78 is 0. The molecule has 0 radical (unpaired) electrons. The first-order valence-electron chi connectivity index (χ1n) is 5.28. The van der Waals surface area contributed by atoms with Gasteiger partial charge in [-0.3, -0.25) is 4.90 Å². The predicted octanol–water partition coefficient (Wildman–Crippen LogP) is 1.70. The van der Waals surface area contributed by atoms with Crippen molar-refractivity contribution >= 4 is 0 Å². The summed E-state index contributed by atoms with van der Waals surface area (Å²) in [7, 11) is 0. The smallest absolute Gasteiger partial charge is 0.0923 e. The van der Waals surface area contributed by atoms with Crippen molar-refractivity contribution in [3.8, 4) is 0 Å². The molecule has 0 saturated heterocycles. The second-order valence-electron chi connectivity index (χ2n) is 4.13. The fourth-order valence-electron chi connectivity index (χ4n) is 2.38. The molecule has 2 nitrogen and oxygen atoms in total. The highest BCUT2D eigenvalue weighted by Gasteiger charge is 2.33. The van der Waals surface area contributed by atoms with E-state index in [-0.39, 0.29) is 5.66 Å². The van der Waals surface area contributed by atoms with Crippen LogP contribution in [0.3, 0.4) is 0 Å². The topological polar surface area (TPSA) is 29.3 Å². The number of likely N-dealkylation sites (N-methyl/N-ethyl adjacent to an activating group) is 1. The van der Waals surface area contributed by atoms with Crippen LogP contribution in [0.1, 0.15) is 25.0 Å². The summed E-state index contributed by atoms with van der Waals surface area (Å²) in [6.45, 7) is 6.36. The molecule has 0 aliphatic carbocycles. The van der Waals surface area contributed by atoms with Gasteiger partial charge in [0.25, 0.3) is 0 Å². The first-order chi connectivity index (χ1) is 6.66. The van der Waals surface area contributed by atoms with Gasteiger partial charge in [0, 0.05) is 6.54 Å². The van der Waals surface area contributed by atoms with E-state index in [1.807, 2.05) is 0 Å². The van der Waals surface area contributed by atoms with Gasteiger partial charge < -0.3 is 5.73 Å². The van der Waals surface area contributed by atoms with Crippen molar-refractivity contribution in [2.45, 2.75) is 25.9 Å². The molecular weight excluding hydrogens is 172 g/mol. The first-order valence-corrected chi connectivity index (χ1v) is 5.28. The van der Waals surface area contributed by atoms with Gasteiger partial charge in [-0.05, 0) is 31.0 Å². The maximum Gasteiger partial charge on any atom is 0.0923 e. The highest BCUT2D eigenvalue weighted by molar-refractivity contribution is 5.34. The Kier molecular flexibility index (Phi) is 2.33. The Morgan fingerprint density at radius 1 is 1.43 bits per heavy atom. The van der Waals surface area contributed by atoms with Gasteiger partial charge in [-0.2, -0.15) is 0 Å². The van der Waals surface area contributed by atoms with E-state index in [4.69, 9.17) is 5.73 Å². The fraction of sp³-hybridized carbons (Fsp3) is 0.500. The van der Waals surface area contributed by atoms with E-state index in [9.17, 15) is 0 Å². The quantitative estimate of drug-likeness (QED) is 0.730. The van der Waals surface area contributed by atoms with E-state index < -0.39 is 0 Å². The number of rotatable bonds is 1. The number of hydrogen-bond acceptors (Lipinski definition) is 2. The van der Waals surface area contributed by atoms with Gasteiger partial charge in [-0.25, -0.2) is 0 Å². The van der Waals surface area contributed by atoms with E-state index in [0.29, 0.717) is 0 Å². The largest absolute Gasteiger partial charge is 0.310 e. The molecule has 1 aromatic carbocycles. The first kappa shape index (κ1) is 9.69. The van der Waals surface area contributed by atoms with Gasteiger partial charge in [0.05, 0.1) is 5.66 Å². The normalized spacial score (nSPS) is 27.4. The highest BCUT2D eigenvalue weighted by atomic mass is 15.3. The molecule has 2 N–H and O–H groups in total. The van der Waals surface area contributed by atoms with Crippen molar-refractivity contribution in [2.24, 2.45) is 5.73 Å². The van der Waals surface area contributed by atoms with Crippen LogP contribution in [-0.2, 0) is 12.1 Å². The number of nitrogens with two attached hydrogens (primary N) is 1. The number of fused-ring (bicyclic) bond motifs is 1. The maximum absolute atomic E-state index is 6.37. The Hall–Kier alpha value is -0.860. The Bertz CT molecular complexity index is 331. The summed E-state index contributed by atoms with van der Waals surface area (Å²) in [5, 5.41) is 0. The van der Waals surface area contributed by atoms with Crippen LogP contribution in [0, 0.1) is 0 Å². The second-order valence-corrected chi connectivity index (χ2v) is 4.13. The number of nitrogens with zero attached hydrogens (tertiary/aromatic N) is 1. The predicted molar refractivity (Wildman–Crippen MR) is 58.9 cm³/mol. The summed E-state index contributed by atoms with van der Waals surface area (Å²) in [6.07, 6.45) is 1.12. The molecule has 2 rings (SSSR count). The molecule has 1 unspecified atom stereocenters. The van der Waals surface area contributed by atoms with Crippen molar-refractivity contribution in [3.05, 3.63) is 35.4 Å². The van der Waals surface area contributed by atoms with Gasteiger partial charge in [0.1, 0.15) is 0 Å². The molecule has 0 aromatic heterocycles. The summed E-state index contributed by atoms with van der Waals surface area (Å²) >= 11 is 0. The standard InChI is InChI=1S/C12H18N2/c1-3-14-9-8-10-6-4-5-7-11(10)12(14,2)13/h4-7H,3,8-9,13H2,1-2H3. The molecule has 2 heteroatoms. The molecule has 14 heavy (non-hydrogen) atoms. The minimum absolute atomic E-state index is 0.288. The van der Waals surface area contributed by atoms with Crippen LogP contribution in [0.4, 0.5) is 0 Å². The van der Waals surface area contributed by atoms with Crippen LogP contribution in [0.25, 0.3) is 0 Å². The van der Waals surface area contributed by atoms with Crippen molar-refractivity contribution in [2.75, 3.05) is 13.1 Å². The molecule has 0 bridgehead atoms. The number of hydrogen-bond donors (Lipinski definition) is 1. The van der Waals surface area contributed by atoms with Crippen molar-refractivity contribution in [1.29, 1.82) is 0 Å². The maximum atomic E-state index is 6.37. The third kappa shape index (κ3) is 1.35. The molecule has 1 aliphatic heterocycles. The van der Waals surface area contributed by atoms with Crippen molar-refractivity contribution in [1.82, 2.24) is 4.90 Å². The third-order valence-electron chi connectivity index (χ3n) is 3.25. The summed E-state index contributed by atoms with van der Waals surface area (Å²) in [4.78, 5) is 2.33. The van der Waals surface area contributed by atoms with Crippen LogP contribution in [0.15, 0.2) is 24.3 Å². The van der Waals surface area contributed by atoms with Gasteiger partial charge in [0.15, 0.2) is 0 Å². The minimum atomic E-state index is -0.288. The van der Waals surface area contributed by atoms with Crippen LogP contribution < -0.4 is 5.73 Å². The van der Waals surface area contributed by atoms with Crippen LogP contribution in [-0.4, -0.2) is 18.0 Å². The van der Waals surface area contributed by atoms with Gasteiger partial charge >= 0.3 is 0 Å². The molecule has 0 saturated carbocycles. The Labute approximate surface area is 85.7 Å². The minimum Gasteiger partial charge on any atom is -0.310 e. The van der Waals surface area contributed by atoms with Crippen LogP contribution >= 0.6 is 0 Å². The van der Waals surface area contributed by atoms with Gasteiger partial charge in [0.2, 0.25) is 0 Å². The van der Waals surface area contributed by atoms with Gasteiger partial charge in [-0.1, -0.05) is 31.2 Å². The van der Waals surface area contributed by atoms with E-state index in [1.165, 1.54) is 11.1 Å². The lowest BCUT2D eigenvalue weighted by Crippen LogP contribution is -2.54. The molecule has 76 valence electrons. The van der Waals surface area contributed by atoms with Crippen LogP contribution in [0.5, 0.6) is 0 Å². The molecule has 0 fully saturated rings. The third-order valence-corrected chi connectivity index (χ3v) is 3.25. The Morgan fingerprint density at radius 3 is 2.86 bits per heavy atom. The van der Waals surface area contributed by atoms with Crippen LogP contribution in [0.2, 0.25) is 0 Å². The molecule has 1 aromatic rings. The number of benzene rings is 1. The van der Waals surface area contributed by atoms with E-state index >= 15 is 0 Å². The van der Waals surface area contributed by atoms with E-state index in [2.05, 4.69) is 43.0 Å². The SMILES string of the molecule is CCN1CCc2ccccc2C1(C)N. The average molecular weight is 190 g/mol. The molecule has 1 heterocycles. The lowest BCUT2D eigenvalue weighted by atomic mass is 9.89. The Balaban J connectivity index is 2.46. The molecular formula is C12H18N2. The van der Waals surface area contributed by atoms with Crippen molar-refractivity contribution < 1.29 is 0 Å². The van der Waals surface area contributed by atoms with Crippen molar-refractivity contribution in [3.63, 3.8) is 0 Å². The Morgan fingerprint density at radius 2 is 2.14 bits per heavy atom. The summed E-state index contributed by atoms with van der Waals surface area (Å²) in [5.74, 6) is 0. The molecule has 1 aliphatic rings. The molecule has 1 atom stereocenters. The molecule has 0 amide bonds. The van der Waals surface area contributed by atoms with Gasteiger partial charge in [-0.15, -0.1) is 0 Å². The fourth-order valence-corrected chi connectivity index (χ4v) is 2.38. The average Bonchev–Trinajstić information content (AvgIpc) is 2.18. The lowest BCUT2D eigenvalue weighted by molar-refractivity contribution is 0.103. The van der Waals surface area contributed by atoms with E-state index in [1.54, 1.807) is 0 Å². The summed E-state index contributed by atoms with van der Waals surface area (Å²) in [5.41, 5.74) is 8.77.